The second kappa shape index (κ2) is 7.05. The molecule has 2 aromatic rings. The predicted molar refractivity (Wildman–Crippen MR) is 96.4 cm³/mol. The number of aliphatic imine (C=N–C) groups is 1. The Morgan fingerprint density at radius 3 is 2.29 bits per heavy atom. The molecule has 0 radical (unpaired) electrons. The standard InChI is InChI=1S/C20H23N3O/c1-3-7-16(8-4-1)19-15-24-20(22-17-9-5-2-6-10-17)23(19)18-11-13-21-14-12-18/h1-10,18-19,21H,11-15H2/t19-/m0/s1. The van der Waals surface area contributed by atoms with Gasteiger partial charge in [-0.25, -0.2) is 0 Å². The molecule has 0 unspecified atom stereocenters. The monoisotopic (exact) mass is 321 g/mol. The molecular weight excluding hydrogens is 298 g/mol. The van der Waals surface area contributed by atoms with Crippen molar-refractivity contribution in [2.75, 3.05) is 19.7 Å². The molecule has 0 bridgehead atoms. The van der Waals surface area contributed by atoms with Crippen LogP contribution in [0.25, 0.3) is 0 Å². The molecule has 124 valence electrons. The minimum absolute atomic E-state index is 0.247. The topological polar surface area (TPSA) is 36.9 Å². The van der Waals surface area contributed by atoms with E-state index < -0.39 is 0 Å². The molecule has 2 aliphatic heterocycles. The summed E-state index contributed by atoms with van der Waals surface area (Å²) in [5.74, 6) is 0. The fourth-order valence-corrected chi connectivity index (χ4v) is 3.57. The van der Waals surface area contributed by atoms with Crippen LogP contribution in [-0.2, 0) is 4.74 Å². The van der Waals surface area contributed by atoms with E-state index in [1.165, 1.54) is 5.56 Å². The SMILES string of the molecule is c1ccc(N=C2OC[C@@H](c3ccccc3)N2C2CCNCC2)cc1. The van der Waals surface area contributed by atoms with Crippen molar-refractivity contribution in [2.24, 2.45) is 4.99 Å². The van der Waals surface area contributed by atoms with Gasteiger partial charge in [0.2, 0.25) is 0 Å². The summed E-state index contributed by atoms with van der Waals surface area (Å²) in [6.07, 6.45) is 2.25. The van der Waals surface area contributed by atoms with Crippen LogP contribution in [0.3, 0.4) is 0 Å². The third-order valence-corrected chi connectivity index (χ3v) is 4.79. The van der Waals surface area contributed by atoms with Gasteiger partial charge in [-0.1, -0.05) is 48.5 Å². The summed E-state index contributed by atoms with van der Waals surface area (Å²) in [7, 11) is 0. The number of para-hydroxylation sites is 1. The van der Waals surface area contributed by atoms with Crippen LogP contribution in [0, 0.1) is 0 Å². The summed E-state index contributed by atoms with van der Waals surface area (Å²) in [4.78, 5) is 7.20. The third-order valence-electron chi connectivity index (χ3n) is 4.79. The number of rotatable bonds is 3. The molecule has 4 nitrogen and oxygen atoms in total. The van der Waals surface area contributed by atoms with E-state index in [-0.39, 0.29) is 6.04 Å². The number of hydrogen-bond donors (Lipinski definition) is 1. The van der Waals surface area contributed by atoms with Crippen LogP contribution < -0.4 is 5.32 Å². The first-order valence-corrected chi connectivity index (χ1v) is 8.72. The molecule has 2 saturated heterocycles. The fourth-order valence-electron chi connectivity index (χ4n) is 3.57. The first kappa shape index (κ1) is 15.2. The van der Waals surface area contributed by atoms with E-state index in [1.807, 2.05) is 30.3 Å². The molecule has 0 aromatic heterocycles. The van der Waals surface area contributed by atoms with E-state index in [9.17, 15) is 0 Å². The van der Waals surface area contributed by atoms with E-state index in [2.05, 4.69) is 40.5 Å². The Morgan fingerprint density at radius 1 is 0.917 bits per heavy atom. The van der Waals surface area contributed by atoms with Gasteiger partial charge in [0.15, 0.2) is 0 Å². The number of amidine groups is 1. The lowest BCUT2D eigenvalue weighted by atomic mass is 10.00. The molecule has 0 spiro atoms. The number of piperidine rings is 1. The van der Waals surface area contributed by atoms with Gasteiger partial charge in [-0.05, 0) is 43.6 Å². The van der Waals surface area contributed by atoms with Crippen LogP contribution in [0.4, 0.5) is 5.69 Å². The lowest BCUT2D eigenvalue weighted by molar-refractivity contribution is 0.218. The molecule has 0 saturated carbocycles. The van der Waals surface area contributed by atoms with Crippen molar-refractivity contribution < 1.29 is 4.74 Å². The first-order valence-electron chi connectivity index (χ1n) is 8.72. The largest absolute Gasteiger partial charge is 0.462 e. The number of benzene rings is 2. The highest BCUT2D eigenvalue weighted by Gasteiger charge is 2.37. The van der Waals surface area contributed by atoms with E-state index in [1.54, 1.807) is 0 Å². The van der Waals surface area contributed by atoms with Gasteiger partial charge in [0.05, 0.1) is 11.7 Å². The lowest BCUT2D eigenvalue weighted by Gasteiger charge is -2.35. The van der Waals surface area contributed by atoms with Gasteiger partial charge in [-0.3, -0.25) is 0 Å². The fraction of sp³-hybridized carbons (Fsp3) is 0.350. The van der Waals surface area contributed by atoms with E-state index in [0.29, 0.717) is 12.6 Å². The van der Waals surface area contributed by atoms with Gasteiger partial charge in [0.25, 0.3) is 6.02 Å². The average molecular weight is 321 g/mol. The Kier molecular flexibility index (Phi) is 4.47. The maximum absolute atomic E-state index is 6.05. The van der Waals surface area contributed by atoms with Gasteiger partial charge in [-0.2, -0.15) is 4.99 Å². The minimum Gasteiger partial charge on any atom is -0.462 e. The highest BCUT2D eigenvalue weighted by molar-refractivity contribution is 5.79. The van der Waals surface area contributed by atoms with E-state index in [0.717, 1.165) is 37.6 Å². The zero-order valence-corrected chi connectivity index (χ0v) is 13.8. The lowest BCUT2D eigenvalue weighted by Crippen LogP contribution is -2.45. The highest BCUT2D eigenvalue weighted by Crippen LogP contribution is 2.33. The zero-order chi connectivity index (χ0) is 16.2. The summed E-state index contributed by atoms with van der Waals surface area (Å²) in [6.45, 7) is 2.78. The second-order valence-electron chi connectivity index (χ2n) is 6.36. The van der Waals surface area contributed by atoms with Crippen molar-refractivity contribution in [3.05, 3.63) is 66.2 Å². The molecule has 4 heteroatoms. The molecule has 1 N–H and O–H groups in total. The van der Waals surface area contributed by atoms with E-state index >= 15 is 0 Å². The molecule has 4 rings (SSSR count). The summed E-state index contributed by atoms with van der Waals surface area (Å²) in [5, 5.41) is 3.45. The van der Waals surface area contributed by atoms with Crippen molar-refractivity contribution >= 4 is 11.7 Å². The number of nitrogens with one attached hydrogen (secondary N) is 1. The van der Waals surface area contributed by atoms with Crippen LogP contribution in [0.5, 0.6) is 0 Å². The third kappa shape index (κ3) is 3.15. The van der Waals surface area contributed by atoms with Gasteiger partial charge >= 0.3 is 0 Å². The first-order chi connectivity index (χ1) is 11.9. The summed E-state index contributed by atoms with van der Waals surface area (Å²) in [6, 6.07) is 22.2. The van der Waals surface area contributed by atoms with Crippen LogP contribution >= 0.6 is 0 Å². The van der Waals surface area contributed by atoms with Crippen molar-refractivity contribution in [3.63, 3.8) is 0 Å². The Bertz CT molecular complexity index is 681. The number of hydrogen-bond acceptors (Lipinski definition) is 3. The van der Waals surface area contributed by atoms with E-state index in [4.69, 9.17) is 9.73 Å². The van der Waals surface area contributed by atoms with Gasteiger partial charge < -0.3 is 15.0 Å². The molecule has 24 heavy (non-hydrogen) atoms. The molecule has 2 aromatic carbocycles. The molecule has 0 amide bonds. The van der Waals surface area contributed by atoms with Crippen molar-refractivity contribution in [1.29, 1.82) is 0 Å². The number of ether oxygens (including phenoxy) is 1. The molecule has 2 fully saturated rings. The zero-order valence-electron chi connectivity index (χ0n) is 13.8. The maximum atomic E-state index is 6.05. The Labute approximate surface area is 143 Å². The highest BCUT2D eigenvalue weighted by atomic mass is 16.5. The van der Waals surface area contributed by atoms with Gasteiger partial charge in [-0.15, -0.1) is 0 Å². The normalized spacial score (nSPS) is 23.4. The average Bonchev–Trinajstić information content (AvgIpc) is 3.07. The molecular formula is C20H23N3O. The molecule has 1 atom stereocenters. The minimum atomic E-state index is 0.247. The summed E-state index contributed by atoms with van der Waals surface area (Å²) < 4.78 is 6.05. The van der Waals surface area contributed by atoms with Crippen LogP contribution in [0.2, 0.25) is 0 Å². The van der Waals surface area contributed by atoms with Crippen molar-refractivity contribution in [2.45, 2.75) is 24.9 Å². The summed E-state index contributed by atoms with van der Waals surface area (Å²) >= 11 is 0. The van der Waals surface area contributed by atoms with Crippen LogP contribution in [0.1, 0.15) is 24.4 Å². The Morgan fingerprint density at radius 2 is 1.58 bits per heavy atom. The van der Waals surface area contributed by atoms with Crippen molar-refractivity contribution in [3.8, 4) is 0 Å². The predicted octanol–water partition coefficient (Wildman–Crippen LogP) is 3.50. The smallest absolute Gasteiger partial charge is 0.293 e. The van der Waals surface area contributed by atoms with Crippen molar-refractivity contribution in [1.82, 2.24) is 10.2 Å². The second-order valence-corrected chi connectivity index (χ2v) is 6.36. The molecule has 2 heterocycles. The number of nitrogens with zero attached hydrogens (tertiary/aromatic N) is 2. The van der Waals surface area contributed by atoms with Crippen LogP contribution in [0.15, 0.2) is 65.7 Å². The van der Waals surface area contributed by atoms with Crippen LogP contribution in [-0.4, -0.2) is 36.7 Å². The Hall–Kier alpha value is -2.33. The maximum Gasteiger partial charge on any atom is 0.293 e. The Balaban J connectivity index is 1.67. The molecule has 2 aliphatic rings. The van der Waals surface area contributed by atoms with Gasteiger partial charge in [0.1, 0.15) is 6.61 Å². The van der Waals surface area contributed by atoms with Gasteiger partial charge in [0, 0.05) is 6.04 Å². The molecule has 0 aliphatic carbocycles. The quantitative estimate of drug-likeness (QED) is 0.940. The summed E-state index contributed by atoms with van der Waals surface area (Å²) in [5.41, 5.74) is 2.24.